The summed E-state index contributed by atoms with van der Waals surface area (Å²) in [5.41, 5.74) is 0. The molecule has 0 rings (SSSR count). The largest absolute Gasteiger partial charge is 0.300 e. The molecule has 0 aliphatic heterocycles. The van der Waals surface area contributed by atoms with Gasteiger partial charge in [-0.05, 0) is 33.1 Å². The monoisotopic (exact) mass is 296 g/mol. The molecule has 5 nitrogen and oxygen atoms in total. The zero-order chi connectivity index (χ0) is 16.4. The summed E-state index contributed by atoms with van der Waals surface area (Å²) in [7, 11) is 0. The van der Waals surface area contributed by atoms with Gasteiger partial charge in [-0.2, -0.15) is 0 Å². The molecule has 0 bridgehead atoms. The fourth-order valence-corrected chi connectivity index (χ4v) is 2.22. The maximum Gasteiger partial charge on any atom is 0.140 e. The quantitative estimate of drug-likeness (QED) is 0.515. The molecule has 5 heteroatoms. The summed E-state index contributed by atoms with van der Waals surface area (Å²) in [5.74, 6) is -0.577. The van der Waals surface area contributed by atoms with E-state index in [-0.39, 0.29) is 60.5 Å². The first-order valence-corrected chi connectivity index (χ1v) is 7.22. The molecule has 0 saturated heterocycles. The third kappa shape index (κ3) is 11.8. The minimum absolute atomic E-state index is 0.00494. The third-order valence-electron chi connectivity index (χ3n) is 3.11. The highest BCUT2D eigenvalue weighted by Gasteiger charge is 2.16. The predicted octanol–water partition coefficient (Wildman–Crippen LogP) is 2.24. The predicted molar refractivity (Wildman–Crippen MR) is 77.9 cm³/mol. The van der Waals surface area contributed by atoms with Gasteiger partial charge in [-0.3, -0.25) is 14.4 Å². The van der Waals surface area contributed by atoms with Crippen LogP contribution in [0.4, 0.5) is 0 Å². The van der Waals surface area contributed by atoms with Gasteiger partial charge in [-0.1, -0.05) is 0 Å². The molecule has 0 aromatic rings. The summed E-state index contributed by atoms with van der Waals surface area (Å²) in [6.45, 7) is 4.28. The first-order valence-electron chi connectivity index (χ1n) is 7.22. The lowest BCUT2D eigenvalue weighted by Crippen LogP contribution is -2.13. The van der Waals surface area contributed by atoms with Crippen molar-refractivity contribution in [1.29, 1.82) is 0 Å². The summed E-state index contributed by atoms with van der Waals surface area (Å²) in [5, 5.41) is 0. The molecule has 0 aromatic carbocycles. The summed E-state index contributed by atoms with van der Waals surface area (Å²) in [6, 6.07) is 0. The van der Waals surface area contributed by atoms with Gasteiger partial charge in [0.1, 0.15) is 28.9 Å². The molecule has 0 N–H and O–H groups in total. The second-order valence-electron chi connectivity index (χ2n) is 5.67. The van der Waals surface area contributed by atoms with Crippen LogP contribution in [0.1, 0.15) is 65.7 Å². The highest BCUT2D eigenvalue weighted by Crippen LogP contribution is 2.18. The average Bonchev–Trinajstić information content (AvgIpc) is 2.31. The molecule has 0 spiro atoms. The van der Waals surface area contributed by atoms with Crippen LogP contribution in [0, 0.1) is 5.92 Å². The molecule has 21 heavy (non-hydrogen) atoms. The first kappa shape index (κ1) is 19.4. The topological polar surface area (TPSA) is 85.3 Å². The van der Waals surface area contributed by atoms with Crippen molar-refractivity contribution < 1.29 is 24.0 Å². The van der Waals surface area contributed by atoms with Crippen molar-refractivity contribution in [3.8, 4) is 0 Å². The summed E-state index contributed by atoms with van der Waals surface area (Å²) in [4.78, 5) is 56.0. The van der Waals surface area contributed by atoms with Gasteiger partial charge in [0.05, 0.1) is 6.42 Å². The Morgan fingerprint density at radius 3 is 1.57 bits per heavy atom. The average molecular weight is 296 g/mol. The number of carbonyl (C=O) groups excluding carboxylic acids is 5. The number of hydrogen-bond donors (Lipinski definition) is 0. The molecule has 0 aliphatic carbocycles. The van der Waals surface area contributed by atoms with Crippen molar-refractivity contribution in [2.45, 2.75) is 65.7 Å². The van der Waals surface area contributed by atoms with E-state index in [2.05, 4.69) is 0 Å². The molecule has 0 amide bonds. The number of rotatable bonds is 12. The maximum atomic E-state index is 11.7. The van der Waals surface area contributed by atoms with Crippen LogP contribution >= 0.6 is 0 Å². The van der Waals surface area contributed by atoms with Crippen LogP contribution in [0.5, 0.6) is 0 Å². The Labute approximate surface area is 125 Å². The van der Waals surface area contributed by atoms with Crippen LogP contribution < -0.4 is 0 Å². The third-order valence-corrected chi connectivity index (χ3v) is 3.11. The molecule has 118 valence electrons. The number of hydrogen-bond acceptors (Lipinski definition) is 5. The SMILES string of the molecule is CC(=O)CC(=O)CCC(=O)CCC(CC(C)=O)CC(C)=O. The minimum atomic E-state index is -0.222. The fourth-order valence-electron chi connectivity index (χ4n) is 2.22. The van der Waals surface area contributed by atoms with E-state index in [0.29, 0.717) is 19.3 Å². The lowest BCUT2D eigenvalue weighted by Gasteiger charge is -2.13. The van der Waals surface area contributed by atoms with Crippen LogP contribution in [0.25, 0.3) is 0 Å². The van der Waals surface area contributed by atoms with E-state index in [9.17, 15) is 24.0 Å². The smallest absolute Gasteiger partial charge is 0.140 e. The Bertz CT molecular complexity index is 406. The van der Waals surface area contributed by atoms with Gasteiger partial charge in [0.15, 0.2) is 0 Å². The van der Waals surface area contributed by atoms with E-state index in [0.717, 1.165) is 0 Å². The highest BCUT2D eigenvalue weighted by atomic mass is 16.2. The molecule has 0 saturated carbocycles. The molecule has 0 aromatic heterocycles. The summed E-state index contributed by atoms with van der Waals surface area (Å²) >= 11 is 0. The van der Waals surface area contributed by atoms with E-state index in [1.807, 2.05) is 0 Å². The molecule has 0 aliphatic rings. The van der Waals surface area contributed by atoms with Crippen LogP contribution in [0.15, 0.2) is 0 Å². The second kappa shape index (κ2) is 10.1. The van der Waals surface area contributed by atoms with Gasteiger partial charge in [0.25, 0.3) is 0 Å². The van der Waals surface area contributed by atoms with Gasteiger partial charge in [0.2, 0.25) is 0 Å². The van der Waals surface area contributed by atoms with Crippen molar-refractivity contribution in [1.82, 2.24) is 0 Å². The summed E-state index contributed by atoms with van der Waals surface area (Å²) in [6.07, 6.45) is 1.44. The number of ketones is 5. The van der Waals surface area contributed by atoms with Crippen molar-refractivity contribution in [3.05, 3.63) is 0 Å². The lowest BCUT2D eigenvalue weighted by atomic mass is 9.91. The highest BCUT2D eigenvalue weighted by molar-refractivity contribution is 5.99. The fraction of sp³-hybridized carbons (Fsp3) is 0.688. The van der Waals surface area contributed by atoms with Gasteiger partial charge in [-0.15, -0.1) is 0 Å². The van der Waals surface area contributed by atoms with E-state index >= 15 is 0 Å². The normalized spacial score (nSPS) is 10.5. The van der Waals surface area contributed by atoms with Gasteiger partial charge in [0, 0.05) is 32.1 Å². The van der Waals surface area contributed by atoms with Crippen LogP contribution in [-0.2, 0) is 24.0 Å². The van der Waals surface area contributed by atoms with Crippen molar-refractivity contribution in [3.63, 3.8) is 0 Å². The van der Waals surface area contributed by atoms with Crippen molar-refractivity contribution >= 4 is 28.9 Å². The van der Waals surface area contributed by atoms with Crippen molar-refractivity contribution in [2.75, 3.05) is 0 Å². The molecule has 0 fully saturated rings. The van der Waals surface area contributed by atoms with Gasteiger partial charge < -0.3 is 9.59 Å². The Hall–Kier alpha value is -1.65. The Kier molecular flexibility index (Phi) is 9.34. The minimum Gasteiger partial charge on any atom is -0.300 e. The molecule has 0 atom stereocenters. The maximum absolute atomic E-state index is 11.7. The van der Waals surface area contributed by atoms with Crippen LogP contribution in [0.3, 0.4) is 0 Å². The zero-order valence-corrected chi connectivity index (χ0v) is 13.1. The van der Waals surface area contributed by atoms with E-state index in [4.69, 9.17) is 0 Å². The zero-order valence-electron chi connectivity index (χ0n) is 13.1. The van der Waals surface area contributed by atoms with E-state index in [1.165, 1.54) is 20.8 Å². The summed E-state index contributed by atoms with van der Waals surface area (Å²) < 4.78 is 0. The van der Waals surface area contributed by atoms with Gasteiger partial charge in [-0.25, -0.2) is 0 Å². The standard InChI is InChI=1S/C16H24O5/c1-11(17)8-14(9-12(2)18)4-5-15(20)6-7-16(21)10-13(3)19/h14H,4-10H2,1-3H3. The molecule has 0 unspecified atom stereocenters. The Balaban J connectivity index is 4.12. The number of Topliss-reactive ketones (excluding diaryl/α,β-unsaturated/α-hetero) is 5. The molecule has 0 heterocycles. The Morgan fingerprint density at radius 2 is 1.14 bits per heavy atom. The van der Waals surface area contributed by atoms with E-state index < -0.39 is 0 Å². The molecular formula is C16H24O5. The Morgan fingerprint density at radius 1 is 0.667 bits per heavy atom. The van der Waals surface area contributed by atoms with Crippen LogP contribution in [-0.4, -0.2) is 28.9 Å². The van der Waals surface area contributed by atoms with Crippen molar-refractivity contribution in [2.24, 2.45) is 5.92 Å². The molecule has 0 radical (unpaired) electrons. The second-order valence-corrected chi connectivity index (χ2v) is 5.67. The van der Waals surface area contributed by atoms with Gasteiger partial charge >= 0.3 is 0 Å². The number of carbonyl (C=O) groups is 5. The van der Waals surface area contributed by atoms with Crippen LogP contribution in [0.2, 0.25) is 0 Å². The molecular weight excluding hydrogens is 272 g/mol. The lowest BCUT2D eigenvalue weighted by molar-refractivity contribution is -0.128. The first-order chi connectivity index (χ1) is 9.70. The van der Waals surface area contributed by atoms with E-state index in [1.54, 1.807) is 0 Å².